The number of hydrogen-bond donors (Lipinski definition) is 2. The second-order valence-electron chi connectivity index (χ2n) is 5.87. The van der Waals surface area contributed by atoms with Gasteiger partial charge < -0.3 is 15.4 Å². The third kappa shape index (κ3) is 3.19. The Morgan fingerprint density at radius 3 is 2.71 bits per heavy atom. The molecule has 1 amide bonds. The van der Waals surface area contributed by atoms with Gasteiger partial charge in [0.2, 0.25) is 5.91 Å². The number of ether oxygens (including phenoxy) is 1. The van der Waals surface area contributed by atoms with Gasteiger partial charge in [-0.3, -0.25) is 4.79 Å². The summed E-state index contributed by atoms with van der Waals surface area (Å²) in [5, 5.41) is 6.52. The predicted molar refractivity (Wildman–Crippen MR) is 66.8 cm³/mol. The van der Waals surface area contributed by atoms with E-state index in [2.05, 4.69) is 24.5 Å². The van der Waals surface area contributed by atoms with Crippen LogP contribution in [0.25, 0.3) is 0 Å². The highest BCUT2D eigenvalue weighted by atomic mass is 16.5. The Labute approximate surface area is 103 Å². The average molecular weight is 240 g/mol. The van der Waals surface area contributed by atoms with E-state index < -0.39 is 0 Å². The van der Waals surface area contributed by atoms with Crippen LogP contribution in [-0.2, 0) is 9.53 Å². The van der Waals surface area contributed by atoms with Crippen molar-refractivity contribution in [1.82, 2.24) is 10.6 Å². The lowest BCUT2D eigenvalue weighted by molar-refractivity contribution is -0.128. The molecule has 4 heteroatoms. The van der Waals surface area contributed by atoms with Crippen molar-refractivity contribution in [3.05, 3.63) is 0 Å². The van der Waals surface area contributed by atoms with Crippen LogP contribution in [0.4, 0.5) is 0 Å². The molecule has 0 saturated carbocycles. The van der Waals surface area contributed by atoms with Gasteiger partial charge >= 0.3 is 0 Å². The van der Waals surface area contributed by atoms with Gasteiger partial charge in [-0.15, -0.1) is 0 Å². The molecular weight excluding hydrogens is 216 g/mol. The number of piperidine rings is 1. The van der Waals surface area contributed by atoms with Gasteiger partial charge in [0.1, 0.15) is 0 Å². The van der Waals surface area contributed by atoms with Crippen molar-refractivity contribution >= 4 is 5.91 Å². The van der Waals surface area contributed by atoms with Crippen LogP contribution in [0.3, 0.4) is 0 Å². The van der Waals surface area contributed by atoms with Crippen LogP contribution in [0.2, 0.25) is 0 Å². The van der Waals surface area contributed by atoms with Gasteiger partial charge in [0.25, 0.3) is 0 Å². The summed E-state index contributed by atoms with van der Waals surface area (Å²) in [6.07, 6.45) is 4.16. The predicted octanol–water partition coefficient (Wildman–Crippen LogP) is 1.06. The van der Waals surface area contributed by atoms with E-state index in [4.69, 9.17) is 4.74 Å². The zero-order chi connectivity index (χ0) is 12.3. The molecule has 0 aromatic rings. The van der Waals surface area contributed by atoms with E-state index in [1.165, 1.54) is 0 Å². The summed E-state index contributed by atoms with van der Waals surface area (Å²) in [6.45, 7) is 6.84. The summed E-state index contributed by atoms with van der Waals surface area (Å²) in [4.78, 5) is 12.3. The quantitative estimate of drug-likeness (QED) is 0.759. The highest BCUT2D eigenvalue weighted by Crippen LogP contribution is 2.30. The normalized spacial score (nSPS) is 29.9. The van der Waals surface area contributed by atoms with Crippen LogP contribution in [-0.4, -0.2) is 37.7 Å². The van der Waals surface area contributed by atoms with Gasteiger partial charge in [-0.05, 0) is 37.6 Å². The minimum atomic E-state index is -0.0425. The van der Waals surface area contributed by atoms with Gasteiger partial charge in [0, 0.05) is 19.3 Å². The monoisotopic (exact) mass is 240 g/mol. The smallest absolute Gasteiger partial charge is 0.237 e. The molecule has 98 valence electrons. The molecule has 17 heavy (non-hydrogen) atoms. The Morgan fingerprint density at radius 2 is 2.06 bits per heavy atom. The third-order valence-electron chi connectivity index (χ3n) is 3.96. The summed E-state index contributed by atoms with van der Waals surface area (Å²) in [6, 6.07) is 0.259. The minimum absolute atomic E-state index is 0.0425. The lowest BCUT2D eigenvalue weighted by atomic mass is 9.77. The van der Waals surface area contributed by atoms with Crippen LogP contribution in [0.15, 0.2) is 0 Å². The topological polar surface area (TPSA) is 50.4 Å². The van der Waals surface area contributed by atoms with E-state index in [0.29, 0.717) is 6.04 Å². The summed E-state index contributed by atoms with van der Waals surface area (Å²) in [7, 11) is 0. The van der Waals surface area contributed by atoms with E-state index in [-0.39, 0.29) is 17.4 Å². The van der Waals surface area contributed by atoms with Crippen molar-refractivity contribution < 1.29 is 9.53 Å². The summed E-state index contributed by atoms with van der Waals surface area (Å²) in [5.41, 5.74) is 0.0630. The Balaban J connectivity index is 1.89. The highest BCUT2D eigenvalue weighted by molar-refractivity contribution is 5.83. The molecule has 0 spiro atoms. The van der Waals surface area contributed by atoms with E-state index in [0.717, 1.165) is 45.4 Å². The third-order valence-corrected chi connectivity index (χ3v) is 3.96. The molecule has 2 rings (SSSR count). The first-order chi connectivity index (χ1) is 8.09. The summed E-state index contributed by atoms with van der Waals surface area (Å²) < 4.78 is 5.30. The van der Waals surface area contributed by atoms with Gasteiger partial charge in [-0.25, -0.2) is 0 Å². The fraction of sp³-hybridized carbons (Fsp3) is 0.923. The lowest BCUT2D eigenvalue weighted by Gasteiger charge is -2.39. The molecule has 0 radical (unpaired) electrons. The van der Waals surface area contributed by atoms with Crippen molar-refractivity contribution in [2.45, 2.75) is 51.6 Å². The maximum atomic E-state index is 12.3. The molecule has 2 fully saturated rings. The fourth-order valence-electron chi connectivity index (χ4n) is 2.79. The highest BCUT2D eigenvalue weighted by Gasteiger charge is 2.37. The summed E-state index contributed by atoms with van der Waals surface area (Å²) in [5.74, 6) is 0.168. The molecule has 0 aromatic heterocycles. The molecule has 2 saturated heterocycles. The first kappa shape index (κ1) is 12.8. The van der Waals surface area contributed by atoms with Crippen LogP contribution < -0.4 is 10.6 Å². The van der Waals surface area contributed by atoms with Gasteiger partial charge in [-0.1, -0.05) is 13.8 Å². The van der Waals surface area contributed by atoms with Crippen molar-refractivity contribution in [3.63, 3.8) is 0 Å². The summed E-state index contributed by atoms with van der Waals surface area (Å²) >= 11 is 0. The molecule has 4 nitrogen and oxygen atoms in total. The van der Waals surface area contributed by atoms with E-state index in [1.807, 2.05) is 0 Å². The first-order valence-corrected chi connectivity index (χ1v) is 6.71. The molecule has 1 unspecified atom stereocenters. The number of hydrogen-bond acceptors (Lipinski definition) is 3. The minimum Gasteiger partial charge on any atom is -0.381 e. The van der Waals surface area contributed by atoms with E-state index in [1.54, 1.807) is 0 Å². The second-order valence-corrected chi connectivity index (χ2v) is 5.87. The first-order valence-electron chi connectivity index (χ1n) is 6.71. The molecule has 0 aliphatic carbocycles. The number of rotatable bonds is 2. The zero-order valence-electron chi connectivity index (χ0n) is 10.9. The van der Waals surface area contributed by atoms with E-state index in [9.17, 15) is 4.79 Å². The Kier molecular flexibility index (Phi) is 4.05. The van der Waals surface area contributed by atoms with Gasteiger partial charge in [0.15, 0.2) is 0 Å². The average Bonchev–Trinajstić information content (AvgIpc) is 2.29. The van der Waals surface area contributed by atoms with Crippen molar-refractivity contribution in [2.24, 2.45) is 5.41 Å². The van der Waals surface area contributed by atoms with Crippen molar-refractivity contribution in [2.75, 3.05) is 19.8 Å². The lowest BCUT2D eigenvalue weighted by Crippen LogP contribution is -2.57. The maximum Gasteiger partial charge on any atom is 0.237 e. The van der Waals surface area contributed by atoms with Gasteiger partial charge in [0.05, 0.1) is 6.04 Å². The van der Waals surface area contributed by atoms with Crippen LogP contribution >= 0.6 is 0 Å². The van der Waals surface area contributed by atoms with E-state index >= 15 is 0 Å². The number of carbonyl (C=O) groups excluding carboxylic acids is 1. The molecule has 2 N–H and O–H groups in total. The second kappa shape index (κ2) is 5.36. The maximum absolute atomic E-state index is 12.3. The molecule has 0 bridgehead atoms. The van der Waals surface area contributed by atoms with Crippen molar-refractivity contribution in [3.8, 4) is 0 Å². The Morgan fingerprint density at radius 1 is 1.35 bits per heavy atom. The zero-order valence-corrected chi connectivity index (χ0v) is 10.9. The molecule has 1 atom stereocenters. The number of amides is 1. The van der Waals surface area contributed by atoms with Crippen molar-refractivity contribution in [1.29, 1.82) is 0 Å². The Bertz CT molecular complexity index is 273. The number of nitrogens with one attached hydrogen (secondary N) is 2. The molecule has 2 heterocycles. The van der Waals surface area contributed by atoms with Crippen LogP contribution in [0.5, 0.6) is 0 Å². The number of carbonyl (C=O) groups is 1. The fourth-order valence-corrected chi connectivity index (χ4v) is 2.79. The molecule has 0 aromatic carbocycles. The molecule has 2 aliphatic heterocycles. The SMILES string of the molecule is CC1(C)CCCNC1C(=O)NC1CCOCC1. The van der Waals surface area contributed by atoms with Crippen LogP contribution in [0, 0.1) is 5.41 Å². The van der Waals surface area contributed by atoms with Gasteiger partial charge in [-0.2, -0.15) is 0 Å². The molecule has 2 aliphatic rings. The largest absolute Gasteiger partial charge is 0.381 e. The Hall–Kier alpha value is -0.610. The standard InChI is InChI=1S/C13H24N2O2/c1-13(2)6-3-7-14-11(13)12(16)15-10-4-8-17-9-5-10/h10-11,14H,3-9H2,1-2H3,(H,15,16). The molecular formula is C13H24N2O2. The van der Waals surface area contributed by atoms with Crippen LogP contribution in [0.1, 0.15) is 39.5 Å².